The van der Waals surface area contributed by atoms with Crippen LogP contribution in [0.3, 0.4) is 0 Å². The van der Waals surface area contributed by atoms with Crippen molar-refractivity contribution in [3.05, 3.63) is 47.5 Å². The van der Waals surface area contributed by atoms with Gasteiger partial charge in [-0.15, -0.1) is 0 Å². The second kappa shape index (κ2) is 4.42. The van der Waals surface area contributed by atoms with Gasteiger partial charge in [0.05, 0.1) is 0 Å². The summed E-state index contributed by atoms with van der Waals surface area (Å²) in [6, 6.07) is 9.85. The fourth-order valence-electron chi connectivity index (χ4n) is 2.37. The zero-order chi connectivity index (χ0) is 10.8. The van der Waals surface area contributed by atoms with E-state index in [4.69, 9.17) is 0 Å². The van der Waals surface area contributed by atoms with Crippen LogP contribution in [0.15, 0.2) is 36.4 Å². The van der Waals surface area contributed by atoms with E-state index in [0.29, 0.717) is 6.04 Å². The summed E-state index contributed by atoms with van der Waals surface area (Å²) in [6.45, 7) is 1.01. The number of hydrogen-bond acceptors (Lipinski definition) is 1. The summed E-state index contributed by atoms with van der Waals surface area (Å²) in [4.78, 5) is 0. The normalized spacial score (nSPS) is 20.5. The fraction of sp³-hybridized carbons (Fsp3) is 0.467. The van der Waals surface area contributed by atoms with Gasteiger partial charge in [0.2, 0.25) is 0 Å². The predicted octanol–water partition coefficient (Wildman–Crippen LogP) is 3.37. The quantitative estimate of drug-likeness (QED) is 0.756. The fourth-order valence-corrected chi connectivity index (χ4v) is 2.37. The van der Waals surface area contributed by atoms with E-state index in [9.17, 15) is 0 Å². The molecule has 1 heteroatoms. The second-order valence-electron chi connectivity index (χ2n) is 5.04. The highest BCUT2D eigenvalue weighted by Crippen LogP contribution is 2.39. The lowest BCUT2D eigenvalue weighted by Crippen LogP contribution is -2.25. The first-order chi connectivity index (χ1) is 7.92. The largest absolute Gasteiger partial charge is 0.309 e. The van der Waals surface area contributed by atoms with E-state index in [1.54, 1.807) is 0 Å². The van der Waals surface area contributed by atoms with Gasteiger partial charge in [-0.05, 0) is 42.7 Å². The minimum atomic E-state index is 0.670. The lowest BCUT2D eigenvalue weighted by atomic mass is 10.1. The van der Waals surface area contributed by atoms with Gasteiger partial charge in [-0.3, -0.25) is 0 Å². The average Bonchev–Trinajstić information content (AvgIpc) is 3.05. The molecular formula is C15H19N. The van der Waals surface area contributed by atoms with Crippen molar-refractivity contribution in [1.82, 2.24) is 5.32 Å². The monoisotopic (exact) mass is 213 g/mol. The molecule has 1 nitrogen and oxygen atoms in total. The van der Waals surface area contributed by atoms with Gasteiger partial charge in [0, 0.05) is 12.6 Å². The summed E-state index contributed by atoms with van der Waals surface area (Å²) >= 11 is 0. The molecule has 2 aliphatic rings. The highest BCUT2D eigenvalue weighted by Gasteiger charge is 2.22. The molecule has 0 heterocycles. The van der Waals surface area contributed by atoms with Gasteiger partial charge in [-0.25, -0.2) is 0 Å². The van der Waals surface area contributed by atoms with Crippen LogP contribution in [0.5, 0.6) is 0 Å². The lowest BCUT2D eigenvalue weighted by molar-refractivity contribution is 0.538. The zero-order valence-electron chi connectivity index (χ0n) is 9.65. The van der Waals surface area contributed by atoms with Crippen molar-refractivity contribution in [2.45, 2.75) is 44.2 Å². The molecule has 2 aliphatic carbocycles. The Labute approximate surface area is 97.6 Å². The minimum Gasteiger partial charge on any atom is -0.309 e. The van der Waals surface area contributed by atoms with Crippen LogP contribution in [0.25, 0.3) is 0 Å². The van der Waals surface area contributed by atoms with E-state index in [2.05, 4.69) is 41.7 Å². The second-order valence-corrected chi connectivity index (χ2v) is 5.04. The Balaban J connectivity index is 1.53. The van der Waals surface area contributed by atoms with E-state index in [1.807, 2.05) is 0 Å². The smallest absolute Gasteiger partial charge is 0.0208 e. The third-order valence-electron chi connectivity index (χ3n) is 3.63. The first-order valence-corrected chi connectivity index (χ1v) is 6.39. The van der Waals surface area contributed by atoms with Crippen molar-refractivity contribution >= 4 is 0 Å². The Bertz CT molecular complexity index is 365. The van der Waals surface area contributed by atoms with Crippen LogP contribution in [0.4, 0.5) is 0 Å². The molecule has 16 heavy (non-hydrogen) atoms. The Morgan fingerprint density at radius 2 is 1.69 bits per heavy atom. The van der Waals surface area contributed by atoms with Crippen LogP contribution in [0, 0.1) is 0 Å². The molecule has 84 valence electrons. The first kappa shape index (κ1) is 10.1. The molecule has 1 saturated carbocycles. The molecule has 0 atom stereocenters. The van der Waals surface area contributed by atoms with Crippen LogP contribution >= 0.6 is 0 Å². The average molecular weight is 213 g/mol. The van der Waals surface area contributed by atoms with Crippen molar-refractivity contribution in [2.75, 3.05) is 0 Å². The summed E-state index contributed by atoms with van der Waals surface area (Å²) in [6.07, 6.45) is 9.72. The van der Waals surface area contributed by atoms with Crippen molar-refractivity contribution in [1.29, 1.82) is 0 Å². The summed E-state index contributed by atoms with van der Waals surface area (Å²) in [7, 11) is 0. The maximum atomic E-state index is 3.60. The standard InChI is InChI=1S/C15H19N/c1-2-4-15(3-1)16-11-12-5-7-13(8-6-12)14-9-10-14/h1-2,5-8,14-16H,3-4,9-11H2. The maximum Gasteiger partial charge on any atom is 0.0208 e. The molecule has 1 aromatic rings. The molecule has 0 spiro atoms. The van der Waals surface area contributed by atoms with Crippen LogP contribution in [-0.4, -0.2) is 6.04 Å². The van der Waals surface area contributed by atoms with Gasteiger partial charge < -0.3 is 5.32 Å². The molecule has 0 saturated heterocycles. The van der Waals surface area contributed by atoms with E-state index in [0.717, 1.165) is 12.5 Å². The van der Waals surface area contributed by atoms with E-state index in [1.165, 1.54) is 36.8 Å². The SMILES string of the molecule is C1=CCC(NCc2ccc(C3CC3)cc2)C1. The van der Waals surface area contributed by atoms with Crippen LogP contribution in [0.1, 0.15) is 42.7 Å². The molecular weight excluding hydrogens is 194 g/mol. The van der Waals surface area contributed by atoms with E-state index in [-0.39, 0.29) is 0 Å². The highest BCUT2D eigenvalue weighted by molar-refractivity contribution is 5.28. The summed E-state index contributed by atoms with van der Waals surface area (Å²) in [5, 5.41) is 3.60. The number of nitrogens with one attached hydrogen (secondary N) is 1. The molecule has 0 radical (unpaired) electrons. The lowest BCUT2D eigenvalue weighted by Gasteiger charge is -2.12. The molecule has 1 aromatic carbocycles. The summed E-state index contributed by atoms with van der Waals surface area (Å²) in [5.74, 6) is 0.876. The Morgan fingerprint density at radius 1 is 1.00 bits per heavy atom. The van der Waals surface area contributed by atoms with E-state index < -0.39 is 0 Å². The predicted molar refractivity (Wildman–Crippen MR) is 67.4 cm³/mol. The van der Waals surface area contributed by atoms with Crippen molar-refractivity contribution in [2.24, 2.45) is 0 Å². The minimum absolute atomic E-state index is 0.670. The molecule has 0 bridgehead atoms. The Hall–Kier alpha value is -1.08. The number of benzene rings is 1. The zero-order valence-corrected chi connectivity index (χ0v) is 9.65. The molecule has 1 N–H and O–H groups in total. The van der Waals surface area contributed by atoms with Gasteiger partial charge in [0.15, 0.2) is 0 Å². The molecule has 0 aromatic heterocycles. The Morgan fingerprint density at radius 3 is 2.31 bits per heavy atom. The molecule has 1 fully saturated rings. The first-order valence-electron chi connectivity index (χ1n) is 6.39. The van der Waals surface area contributed by atoms with Crippen molar-refractivity contribution in [3.8, 4) is 0 Å². The van der Waals surface area contributed by atoms with Crippen LogP contribution < -0.4 is 5.32 Å². The van der Waals surface area contributed by atoms with Gasteiger partial charge in [0.1, 0.15) is 0 Å². The molecule has 0 aliphatic heterocycles. The van der Waals surface area contributed by atoms with Crippen molar-refractivity contribution in [3.63, 3.8) is 0 Å². The summed E-state index contributed by atoms with van der Waals surface area (Å²) in [5.41, 5.74) is 2.95. The third-order valence-corrected chi connectivity index (χ3v) is 3.63. The van der Waals surface area contributed by atoms with Crippen molar-refractivity contribution < 1.29 is 0 Å². The van der Waals surface area contributed by atoms with Gasteiger partial charge >= 0.3 is 0 Å². The number of hydrogen-bond donors (Lipinski definition) is 1. The van der Waals surface area contributed by atoms with Crippen LogP contribution in [-0.2, 0) is 6.54 Å². The van der Waals surface area contributed by atoms with Gasteiger partial charge in [-0.1, -0.05) is 36.4 Å². The van der Waals surface area contributed by atoms with Gasteiger partial charge in [-0.2, -0.15) is 0 Å². The highest BCUT2D eigenvalue weighted by atomic mass is 14.9. The third kappa shape index (κ3) is 2.35. The maximum absolute atomic E-state index is 3.60. The summed E-state index contributed by atoms with van der Waals surface area (Å²) < 4.78 is 0. The number of rotatable bonds is 4. The Kier molecular flexibility index (Phi) is 2.79. The van der Waals surface area contributed by atoms with E-state index >= 15 is 0 Å². The van der Waals surface area contributed by atoms with Gasteiger partial charge in [0.25, 0.3) is 0 Å². The topological polar surface area (TPSA) is 12.0 Å². The van der Waals surface area contributed by atoms with Crippen LogP contribution in [0.2, 0.25) is 0 Å². The molecule has 3 rings (SSSR count). The molecule has 0 unspecified atom stereocenters. The molecule has 0 amide bonds.